The van der Waals surface area contributed by atoms with Gasteiger partial charge in [-0.2, -0.15) is 0 Å². The van der Waals surface area contributed by atoms with Crippen LogP contribution in [0.3, 0.4) is 0 Å². The lowest BCUT2D eigenvalue weighted by Crippen LogP contribution is -2.47. The molecule has 1 atom stereocenters. The molecule has 0 aliphatic rings. The highest BCUT2D eigenvalue weighted by molar-refractivity contribution is 7.92. The topological polar surface area (TPSA) is 135 Å². The molecule has 0 aliphatic carbocycles. The summed E-state index contributed by atoms with van der Waals surface area (Å²) < 4.78 is 26.0. The molecule has 0 spiro atoms. The lowest BCUT2D eigenvalue weighted by Gasteiger charge is -2.29. The number of non-ortho nitro benzene ring substituents is 1. The number of hydrogen-bond donors (Lipinski definition) is 1. The van der Waals surface area contributed by atoms with Crippen LogP contribution in [0.25, 0.3) is 10.6 Å². The predicted octanol–water partition coefficient (Wildman–Crippen LogP) is 3.61. The second-order valence-electron chi connectivity index (χ2n) is 7.03. The van der Waals surface area contributed by atoms with Crippen LogP contribution >= 0.6 is 11.3 Å². The lowest BCUT2D eigenvalue weighted by atomic mass is 10.2. The standard InChI is InChI=1S/C20H21N5O5S2/c1-4-17(24(32(3,29)30)15-6-5-7-16(12-15)25(27)28)18(26)21-20-23-22-19(31-20)14-10-8-13(2)9-11-14/h5-12,17H,4H2,1-3H3,(H,21,23,26)/t17-/m1/s1. The van der Waals surface area contributed by atoms with E-state index in [2.05, 4.69) is 15.5 Å². The minimum Gasteiger partial charge on any atom is -0.299 e. The van der Waals surface area contributed by atoms with Gasteiger partial charge in [0.15, 0.2) is 0 Å². The van der Waals surface area contributed by atoms with E-state index in [1.54, 1.807) is 6.92 Å². The largest absolute Gasteiger partial charge is 0.299 e. The molecule has 1 amide bonds. The highest BCUT2D eigenvalue weighted by Gasteiger charge is 2.32. The summed E-state index contributed by atoms with van der Waals surface area (Å²) in [5.74, 6) is -0.615. The molecule has 10 nitrogen and oxygen atoms in total. The third-order valence-electron chi connectivity index (χ3n) is 4.58. The summed E-state index contributed by atoms with van der Waals surface area (Å²) in [4.78, 5) is 23.5. The Balaban J connectivity index is 1.88. The molecule has 3 aromatic rings. The molecule has 0 saturated carbocycles. The Morgan fingerprint density at radius 2 is 1.91 bits per heavy atom. The molecule has 0 bridgehead atoms. The van der Waals surface area contributed by atoms with Crippen LogP contribution in [0.1, 0.15) is 18.9 Å². The smallest absolute Gasteiger partial charge is 0.271 e. The number of benzene rings is 2. The Kier molecular flexibility index (Phi) is 6.84. The van der Waals surface area contributed by atoms with E-state index in [9.17, 15) is 23.3 Å². The molecule has 168 valence electrons. The minimum atomic E-state index is -3.93. The Labute approximate surface area is 189 Å². The normalized spacial score (nSPS) is 12.2. The quantitative estimate of drug-likeness (QED) is 0.388. The highest BCUT2D eigenvalue weighted by Crippen LogP contribution is 2.29. The van der Waals surface area contributed by atoms with Crippen molar-refractivity contribution in [3.63, 3.8) is 0 Å². The maximum absolute atomic E-state index is 13.0. The molecular weight excluding hydrogens is 454 g/mol. The molecule has 1 heterocycles. The number of carbonyl (C=O) groups excluding carboxylic acids is 1. The second kappa shape index (κ2) is 9.40. The number of sulfonamides is 1. The number of aryl methyl sites for hydroxylation is 1. The maximum Gasteiger partial charge on any atom is 0.271 e. The SMILES string of the molecule is CC[C@H](C(=O)Nc1nnc(-c2ccc(C)cc2)s1)N(c1cccc([N+](=O)[O-])c1)S(C)(=O)=O. The van der Waals surface area contributed by atoms with Crippen LogP contribution in [-0.2, 0) is 14.8 Å². The second-order valence-corrected chi connectivity index (χ2v) is 9.86. The van der Waals surface area contributed by atoms with Crippen molar-refractivity contribution in [1.29, 1.82) is 0 Å². The number of nitrogens with one attached hydrogen (secondary N) is 1. The van der Waals surface area contributed by atoms with Gasteiger partial charge >= 0.3 is 0 Å². The molecule has 32 heavy (non-hydrogen) atoms. The molecule has 2 aromatic carbocycles. The van der Waals surface area contributed by atoms with E-state index in [-0.39, 0.29) is 22.9 Å². The average Bonchev–Trinajstić information content (AvgIpc) is 3.19. The van der Waals surface area contributed by atoms with E-state index in [0.717, 1.165) is 39.1 Å². The first-order valence-electron chi connectivity index (χ1n) is 9.55. The van der Waals surface area contributed by atoms with Crippen molar-refractivity contribution in [2.45, 2.75) is 26.3 Å². The van der Waals surface area contributed by atoms with Gasteiger partial charge in [-0.05, 0) is 19.4 Å². The molecule has 0 fully saturated rings. The van der Waals surface area contributed by atoms with Gasteiger partial charge in [0.25, 0.3) is 5.69 Å². The van der Waals surface area contributed by atoms with E-state index in [4.69, 9.17) is 0 Å². The summed E-state index contributed by atoms with van der Waals surface area (Å²) in [6.45, 7) is 3.62. The summed E-state index contributed by atoms with van der Waals surface area (Å²) in [5.41, 5.74) is 1.69. The van der Waals surface area contributed by atoms with Crippen molar-refractivity contribution >= 4 is 43.8 Å². The van der Waals surface area contributed by atoms with Crippen molar-refractivity contribution < 1.29 is 18.1 Å². The number of nitrogens with zero attached hydrogens (tertiary/aromatic N) is 4. The number of carbonyl (C=O) groups is 1. The number of nitro groups is 1. The Hall–Kier alpha value is -3.38. The first kappa shape index (κ1) is 23.3. The third kappa shape index (κ3) is 5.26. The van der Waals surface area contributed by atoms with Crippen LogP contribution in [0.15, 0.2) is 48.5 Å². The van der Waals surface area contributed by atoms with Crippen LogP contribution in [0.4, 0.5) is 16.5 Å². The van der Waals surface area contributed by atoms with Crippen molar-refractivity contribution in [2.24, 2.45) is 0 Å². The van der Waals surface area contributed by atoms with Gasteiger partial charge in [-0.15, -0.1) is 10.2 Å². The number of rotatable bonds is 8. The van der Waals surface area contributed by atoms with Crippen LogP contribution in [0.2, 0.25) is 0 Å². The van der Waals surface area contributed by atoms with E-state index < -0.39 is 26.9 Å². The first-order valence-corrected chi connectivity index (χ1v) is 12.2. The van der Waals surface area contributed by atoms with Crippen molar-refractivity contribution in [3.8, 4) is 10.6 Å². The molecule has 12 heteroatoms. The Bertz CT molecular complexity index is 1240. The van der Waals surface area contributed by atoms with Gasteiger partial charge < -0.3 is 0 Å². The maximum atomic E-state index is 13.0. The van der Waals surface area contributed by atoms with E-state index >= 15 is 0 Å². The molecule has 1 aromatic heterocycles. The molecular formula is C20H21N5O5S2. The summed E-state index contributed by atoms with van der Waals surface area (Å²) in [5, 5.41) is 22.6. The van der Waals surface area contributed by atoms with Gasteiger partial charge in [0.2, 0.25) is 21.1 Å². The zero-order chi connectivity index (χ0) is 23.5. The lowest BCUT2D eigenvalue weighted by molar-refractivity contribution is -0.384. The zero-order valence-corrected chi connectivity index (χ0v) is 19.2. The van der Waals surface area contributed by atoms with Crippen LogP contribution < -0.4 is 9.62 Å². The van der Waals surface area contributed by atoms with Gasteiger partial charge in [0.05, 0.1) is 16.9 Å². The molecule has 3 rings (SSSR count). The van der Waals surface area contributed by atoms with Crippen molar-refractivity contribution in [3.05, 3.63) is 64.2 Å². The first-order chi connectivity index (χ1) is 15.1. The average molecular weight is 476 g/mol. The Morgan fingerprint density at radius 3 is 2.50 bits per heavy atom. The van der Waals surface area contributed by atoms with Gasteiger partial charge in [0, 0.05) is 17.7 Å². The van der Waals surface area contributed by atoms with Gasteiger partial charge in [0.1, 0.15) is 11.0 Å². The molecule has 0 unspecified atom stereocenters. The molecule has 0 saturated heterocycles. The summed E-state index contributed by atoms with van der Waals surface area (Å²) in [6.07, 6.45) is 1.08. The predicted molar refractivity (Wildman–Crippen MR) is 123 cm³/mol. The van der Waals surface area contributed by atoms with Crippen molar-refractivity contribution in [2.75, 3.05) is 15.9 Å². The number of amides is 1. The summed E-state index contributed by atoms with van der Waals surface area (Å²) in [6, 6.07) is 11.7. The van der Waals surface area contributed by atoms with Gasteiger partial charge in [-0.3, -0.25) is 24.5 Å². The van der Waals surface area contributed by atoms with Gasteiger partial charge in [-0.1, -0.05) is 54.2 Å². The van der Waals surface area contributed by atoms with Crippen molar-refractivity contribution in [1.82, 2.24) is 10.2 Å². The number of nitro benzene ring substituents is 1. The fourth-order valence-corrected chi connectivity index (χ4v) is 5.03. The molecule has 0 aliphatic heterocycles. The van der Waals surface area contributed by atoms with E-state index in [1.165, 1.54) is 18.2 Å². The monoisotopic (exact) mass is 475 g/mol. The van der Waals surface area contributed by atoms with Gasteiger partial charge in [-0.25, -0.2) is 8.42 Å². The third-order valence-corrected chi connectivity index (χ3v) is 6.65. The highest BCUT2D eigenvalue weighted by atomic mass is 32.2. The summed E-state index contributed by atoms with van der Waals surface area (Å²) in [7, 11) is -3.93. The Morgan fingerprint density at radius 1 is 1.22 bits per heavy atom. The molecule has 1 N–H and O–H groups in total. The van der Waals surface area contributed by atoms with E-state index in [0.29, 0.717) is 5.01 Å². The fraction of sp³-hybridized carbons (Fsp3) is 0.250. The minimum absolute atomic E-state index is 0.0290. The fourth-order valence-electron chi connectivity index (χ4n) is 3.08. The number of hydrogen-bond acceptors (Lipinski definition) is 8. The zero-order valence-electron chi connectivity index (χ0n) is 17.5. The number of aromatic nitrogens is 2. The van der Waals surface area contributed by atoms with Crippen LogP contribution in [0.5, 0.6) is 0 Å². The number of anilines is 2. The van der Waals surface area contributed by atoms with Crippen LogP contribution in [-0.4, -0.2) is 41.7 Å². The molecule has 0 radical (unpaired) electrons. The summed E-state index contributed by atoms with van der Waals surface area (Å²) >= 11 is 1.16. The van der Waals surface area contributed by atoms with Crippen LogP contribution in [0, 0.1) is 17.0 Å². The van der Waals surface area contributed by atoms with E-state index in [1.807, 2.05) is 31.2 Å².